The molecule has 0 unspecified atom stereocenters. The number of ether oxygens (including phenoxy) is 1. The van der Waals surface area contributed by atoms with E-state index in [1.165, 1.54) is 23.1 Å². The molecule has 0 fully saturated rings. The molecule has 0 saturated carbocycles. The molecule has 0 aliphatic heterocycles. The van der Waals surface area contributed by atoms with Crippen LogP contribution < -0.4 is 0 Å². The lowest BCUT2D eigenvalue weighted by Gasteiger charge is -1.94. The zero-order chi connectivity index (χ0) is 13.9. The van der Waals surface area contributed by atoms with Gasteiger partial charge in [0.05, 0.1) is 16.8 Å². The summed E-state index contributed by atoms with van der Waals surface area (Å²) < 4.78 is 7.59. The molecular formula is C12H9N3O2S3. The van der Waals surface area contributed by atoms with Gasteiger partial charge in [0.25, 0.3) is 0 Å². The zero-order valence-corrected chi connectivity index (χ0v) is 12.8. The average molecular weight is 323 g/mol. The molecule has 0 aliphatic rings. The van der Waals surface area contributed by atoms with Crippen molar-refractivity contribution >= 4 is 50.6 Å². The number of carbonyl (C=O) groups excluding carboxylic acids is 1. The molecule has 3 rings (SSSR count). The Kier molecular flexibility index (Phi) is 3.95. The van der Waals surface area contributed by atoms with Crippen molar-refractivity contribution < 1.29 is 9.53 Å². The largest absolute Gasteiger partial charge is 0.461 e. The van der Waals surface area contributed by atoms with Crippen LogP contribution >= 0.6 is 34.4 Å². The maximum Gasteiger partial charge on any atom is 0.369 e. The van der Waals surface area contributed by atoms with Crippen molar-refractivity contribution in [2.75, 3.05) is 6.61 Å². The third kappa shape index (κ3) is 2.82. The number of hydrogen-bond acceptors (Lipinski definition) is 8. The van der Waals surface area contributed by atoms with Crippen LogP contribution in [-0.2, 0) is 4.74 Å². The predicted octanol–water partition coefficient (Wildman–Crippen LogP) is 3.48. The van der Waals surface area contributed by atoms with Crippen LogP contribution in [0.1, 0.15) is 16.7 Å². The van der Waals surface area contributed by atoms with Gasteiger partial charge in [-0.1, -0.05) is 23.5 Å². The Labute approximate surface area is 127 Å². The highest BCUT2D eigenvalue weighted by Crippen LogP contribution is 2.35. The van der Waals surface area contributed by atoms with Crippen LogP contribution in [0.5, 0.6) is 0 Å². The van der Waals surface area contributed by atoms with E-state index in [1.54, 1.807) is 18.3 Å². The smallest absolute Gasteiger partial charge is 0.369 e. The number of hydrogen-bond donors (Lipinski definition) is 0. The fraction of sp³-hybridized carbons (Fsp3) is 0.167. The Bertz CT molecular complexity index is 720. The van der Waals surface area contributed by atoms with Crippen molar-refractivity contribution in [1.82, 2.24) is 15.2 Å². The third-order valence-corrected chi connectivity index (χ3v) is 5.36. The minimum absolute atomic E-state index is 0.274. The first-order valence-electron chi connectivity index (χ1n) is 5.80. The van der Waals surface area contributed by atoms with E-state index in [1.807, 2.05) is 24.3 Å². The second kappa shape index (κ2) is 5.86. The first-order valence-corrected chi connectivity index (χ1v) is 8.25. The van der Waals surface area contributed by atoms with E-state index in [0.29, 0.717) is 10.9 Å². The van der Waals surface area contributed by atoms with Gasteiger partial charge in [0, 0.05) is 0 Å². The van der Waals surface area contributed by atoms with Gasteiger partial charge < -0.3 is 4.74 Å². The summed E-state index contributed by atoms with van der Waals surface area (Å²) in [7, 11) is 0. The Morgan fingerprint density at radius 1 is 1.25 bits per heavy atom. The third-order valence-electron chi connectivity index (χ3n) is 2.31. The Morgan fingerprint density at radius 3 is 2.90 bits per heavy atom. The van der Waals surface area contributed by atoms with Crippen molar-refractivity contribution in [3.63, 3.8) is 0 Å². The monoisotopic (exact) mass is 323 g/mol. The SMILES string of the molecule is CCOC(=O)c1nnc(Sc2nc3ccccc3s2)s1. The lowest BCUT2D eigenvalue weighted by molar-refractivity contribution is 0.0525. The van der Waals surface area contributed by atoms with Gasteiger partial charge in [0.2, 0.25) is 5.01 Å². The number of nitrogens with zero attached hydrogens (tertiary/aromatic N) is 3. The van der Waals surface area contributed by atoms with Gasteiger partial charge in [0.15, 0.2) is 8.68 Å². The lowest BCUT2D eigenvalue weighted by atomic mass is 10.3. The molecule has 2 aromatic heterocycles. The molecule has 102 valence electrons. The molecule has 0 bridgehead atoms. The molecule has 0 saturated heterocycles. The summed E-state index contributed by atoms with van der Waals surface area (Å²) >= 11 is 4.23. The molecule has 5 nitrogen and oxygen atoms in total. The minimum atomic E-state index is -0.429. The summed E-state index contributed by atoms with van der Waals surface area (Å²) in [5.74, 6) is -0.429. The van der Waals surface area contributed by atoms with Crippen molar-refractivity contribution in [3.05, 3.63) is 29.3 Å². The van der Waals surface area contributed by atoms with E-state index in [9.17, 15) is 4.79 Å². The number of carbonyl (C=O) groups is 1. The molecule has 20 heavy (non-hydrogen) atoms. The van der Waals surface area contributed by atoms with Gasteiger partial charge >= 0.3 is 5.97 Å². The van der Waals surface area contributed by atoms with Crippen LogP contribution in [0.3, 0.4) is 0 Å². The van der Waals surface area contributed by atoms with Crippen LogP contribution in [0.15, 0.2) is 32.9 Å². The Balaban J connectivity index is 1.79. The highest BCUT2D eigenvalue weighted by Gasteiger charge is 2.15. The Hall–Kier alpha value is -1.51. The normalized spacial score (nSPS) is 10.8. The van der Waals surface area contributed by atoms with Gasteiger partial charge in [-0.05, 0) is 30.8 Å². The van der Waals surface area contributed by atoms with Crippen LogP contribution in [-0.4, -0.2) is 27.8 Å². The molecule has 0 N–H and O–H groups in total. The van der Waals surface area contributed by atoms with Gasteiger partial charge in [-0.3, -0.25) is 0 Å². The number of fused-ring (bicyclic) bond motifs is 1. The average Bonchev–Trinajstić information content (AvgIpc) is 3.05. The molecular weight excluding hydrogens is 314 g/mol. The molecule has 0 spiro atoms. The van der Waals surface area contributed by atoms with Crippen molar-refractivity contribution in [2.24, 2.45) is 0 Å². The summed E-state index contributed by atoms with van der Waals surface area (Å²) in [6, 6.07) is 7.94. The van der Waals surface area contributed by atoms with E-state index < -0.39 is 5.97 Å². The first kappa shape index (κ1) is 13.5. The van der Waals surface area contributed by atoms with Crippen molar-refractivity contribution in [1.29, 1.82) is 0 Å². The number of benzene rings is 1. The first-order chi connectivity index (χ1) is 9.76. The summed E-state index contributed by atoms with van der Waals surface area (Å²) in [4.78, 5) is 16.0. The van der Waals surface area contributed by atoms with Gasteiger partial charge in [-0.25, -0.2) is 9.78 Å². The number of aromatic nitrogens is 3. The summed E-state index contributed by atoms with van der Waals surface area (Å²) in [5.41, 5.74) is 0.968. The zero-order valence-electron chi connectivity index (χ0n) is 10.4. The molecule has 0 atom stereocenters. The maximum absolute atomic E-state index is 11.5. The summed E-state index contributed by atoms with van der Waals surface area (Å²) in [6.07, 6.45) is 0. The number of esters is 1. The van der Waals surface area contributed by atoms with E-state index in [4.69, 9.17) is 4.74 Å². The maximum atomic E-state index is 11.5. The molecule has 1 aromatic carbocycles. The van der Waals surface area contributed by atoms with E-state index in [2.05, 4.69) is 15.2 Å². The number of thiazole rings is 1. The van der Waals surface area contributed by atoms with E-state index in [0.717, 1.165) is 14.6 Å². The molecule has 0 radical (unpaired) electrons. The van der Waals surface area contributed by atoms with Crippen LogP contribution in [0.4, 0.5) is 0 Å². The Morgan fingerprint density at radius 2 is 2.10 bits per heavy atom. The van der Waals surface area contributed by atoms with E-state index >= 15 is 0 Å². The molecule has 3 aromatic rings. The predicted molar refractivity (Wildman–Crippen MR) is 79.6 cm³/mol. The van der Waals surface area contributed by atoms with Crippen LogP contribution in [0.2, 0.25) is 0 Å². The standard InChI is InChI=1S/C12H9N3O2S3/c1-2-17-10(16)9-14-15-12(19-9)20-11-13-7-5-3-4-6-8(7)18-11/h3-6H,2H2,1H3. The van der Waals surface area contributed by atoms with Crippen LogP contribution in [0, 0.1) is 0 Å². The highest BCUT2D eigenvalue weighted by molar-refractivity contribution is 8.02. The fourth-order valence-electron chi connectivity index (χ4n) is 1.50. The second-order valence-electron chi connectivity index (χ2n) is 3.64. The fourth-order valence-corrected chi connectivity index (χ4v) is 4.51. The highest BCUT2D eigenvalue weighted by atomic mass is 32.2. The second-order valence-corrected chi connectivity index (χ2v) is 7.15. The molecule has 0 amide bonds. The number of rotatable bonds is 4. The summed E-state index contributed by atoms with van der Waals surface area (Å²) in [6.45, 7) is 2.09. The number of para-hydroxylation sites is 1. The van der Waals surface area contributed by atoms with Gasteiger partial charge in [-0.2, -0.15) is 0 Å². The lowest BCUT2D eigenvalue weighted by Crippen LogP contribution is -2.03. The quantitative estimate of drug-likeness (QED) is 0.685. The topological polar surface area (TPSA) is 65.0 Å². The van der Waals surface area contributed by atoms with E-state index in [-0.39, 0.29) is 5.01 Å². The van der Waals surface area contributed by atoms with Gasteiger partial charge in [0.1, 0.15) is 0 Å². The molecule has 0 aliphatic carbocycles. The molecule has 2 heterocycles. The van der Waals surface area contributed by atoms with Crippen molar-refractivity contribution in [3.8, 4) is 0 Å². The summed E-state index contributed by atoms with van der Waals surface area (Å²) in [5, 5.41) is 8.09. The van der Waals surface area contributed by atoms with Crippen LogP contribution in [0.25, 0.3) is 10.2 Å². The van der Waals surface area contributed by atoms with Crippen molar-refractivity contribution in [2.45, 2.75) is 15.6 Å². The minimum Gasteiger partial charge on any atom is -0.461 e. The molecule has 8 heteroatoms. The van der Waals surface area contributed by atoms with Gasteiger partial charge in [-0.15, -0.1) is 21.5 Å².